The Balaban J connectivity index is 2.21. The van der Waals surface area contributed by atoms with Gasteiger partial charge >= 0.3 is 5.97 Å². The van der Waals surface area contributed by atoms with E-state index >= 15 is 0 Å². The van der Waals surface area contributed by atoms with Gasteiger partial charge in [0.25, 0.3) is 5.91 Å². The first-order valence-corrected chi connectivity index (χ1v) is 7.87. The summed E-state index contributed by atoms with van der Waals surface area (Å²) in [5, 5.41) is 13.5. The van der Waals surface area contributed by atoms with Crippen LogP contribution in [0.4, 0.5) is 0 Å². The second kappa shape index (κ2) is 7.29. The van der Waals surface area contributed by atoms with Crippen LogP contribution in [0.25, 0.3) is 0 Å². The Hall–Kier alpha value is -2.63. The second-order valence-corrected chi connectivity index (χ2v) is 6.11. The highest BCUT2D eigenvalue weighted by Crippen LogP contribution is 2.17. The fourth-order valence-electron chi connectivity index (χ4n) is 2.68. The van der Waals surface area contributed by atoms with Crippen molar-refractivity contribution in [2.75, 3.05) is 13.6 Å². The smallest absolute Gasteiger partial charge is 0.308 e. The van der Waals surface area contributed by atoms with Crippen molar-refractivity contribution in [3.05, 3.63) is 52.8 Å². The van der Waals surface area contributed by atoms with Crippen LogP contribution >= 0.6 is 0 Å². The average molecular weight is 329 g/mol. The topological polar surface area (TPSA) is 75.4 Å². The number of aromatic nitrogens is 2. The molecule has 0 saturated carbocycles. The quantitative estimate of drug-likeness (QED) is 0.882. The third-order valence-corrected chi connectivity index (χ3v) is 4.09. The van der Waals surface area contributed by atoms with Gasteiger partial charge in [-0.1, -0.05) is 37.3 Å². The van der Waals surface area contributed by atoms with Gasteiger partial charge in [0.05, 0.1) is 23.7 Å². The number of rotatable bonds is 6. The molecule has 0 radical (unpaired) electrons. The standard InChI is InChI=1S/C18H23N3O3/c1-12(18(23)24)10-20(4)17(22)16-13(2)19-21(14(16)3)11-15-8-6-5-7-9-15/h5-9,12H,10-11H2,1-4H3,(H,23,24). The van der Waals surface area contributed by atoms with Crippen molar-refractivity contribution in [2.24, 2.45) is 5.92 Å². The molecule has 1 aromatic heterocycles. The molecule has 0 aliphatic carbocycles. The lowest BCUT2D eigenvalue weighted by atomic mass is 10.1. The molecule has 6 nitrogen and oxygen atoms in total. The summed E-state index contributed by atoms with van der Waals surface area (Å²) in [6.07, 6.45) is 0. The molecule has 0 spiro atoms. The number of carbonyl (C=O) groups excluding carboxylic acids is 1. The summed E-state index contributed by atoms with van der Waals surface area (Å²) in [6.45, 7) is 6.01. The van der Waals surface area contributed by atoms with Gasteiger partial charge in [-0.15, -0.1) is 0 Å². The molecule has 0 aliphatic heterocycles. The van der Waals surface area contributed by atoms with Gasteiger partial charge in [-0.25, -0.2) is 0 Å². The Morgan fingerprint density at radius 1 is 1.25 bits per heavy atom. The first kappa shape index (κ1) is 17.7. The molecule has 1 atom stereocenters. The van der Waals surface area contributed by atoms with Gasteiger partial charge in [0, 0.05) is 19.3 Å². The minimum Gasteiger partial charge on any atom is -0.481 e. The van der Waals surface area contributed by atoms with E-state index in [1.807, 2.05) is 41.9 Å². The van der Waals surface area contributed by atoms with Gasteiger partial charge in [-0.3, -0.25) is 14.3 Å². The van der Waals surface area contributed by atoms with Crippen molar-refractivity contribution in [1.29, 1.82) is 0 Å². The zero-order valence-corrected chi connectivity index (χ0v) is 14.5. The van der Waals surface area contributed by atoms with Gasteiger partial charge in [-0.05, 0) is 19.4 Å². The maximum absolute atomic E-state index is 12.7. The van der Waals surface area contributed by atoms with Crippen LogP contribution in [0.15, 0.2) is 30.3 Å². The summed E-state index contributed by atoms with van der Waals surface area (Å²) in [7, 11) is 1.62. The molecule has 0 fully saturated rings. The van der Waals surface area contributed by atoms with Crippen molar-refractivity contribution >= 4 is 11.9 Å². The van der Waals surface area contributed by atoms with Gasteiger partial charge < -0.3 is 10.0 Å². The molecule has 0 aliphatic rings. The van der Waals surface area contributed by atoms with E-state index < -0.39 is 11.9 Å². The van der Waals surface area contributed by atoms with E-state index in [4.69, 9.17) is 5.11 Å². The summed E-state index contributed by atoms with van der Waals surface area (Å²) in [6, 6.07) is 9.91. The van der Waals surface area contributed by atoms with Crippen LogP contribution in [-0.2, 0) is 11.3 Å². The zero-order chi connectivity index (χ0) is 17.9. The first-order chi connectivity index (χ1) is 11.3. The Morgan fingerprint density at radius 3 is 2.46 bits per heavy atom. The van der Waals surface area contributed by atoms with Crippen LogP contribution in [0.1, 0.15) is 34.2 Å². The van der Waals surface area contributed by atoms with Crippen LogP contribution < -0.4 is 0 Å². The Kier molecular flexibility index (Phi) is 5.39. The molecule has 1 heterocycles. The number of carboxylic acids is 1. The molecule has 2 rings (SSSR count). The zero-order valence-electron chi connectivity index (χ0n) is 14.5. The lowest BCUT2D eigenvalue weighted by molar-refractivity contribution is -0.141. The molecule has 2 aromatic rings. The van der Waals surface area contributed by atoms with E-state index in [1.165, 1.54) is 4.90 Å². The third-order valence-electron chi connectivity index (χ3n) is 4.09. The molecule has 24 heavy (non-hydrogen) atoms. The van der Waals surface area contributed by atoms with Crippen LogP contribution in [0.5, 0.6) is 0 Å². The molecular formula is C18H23N3O3. The maximum Gasteiger partial charge on any atom is 0.308 e. The molecule has 1 unspecified atom stereocenters. The Labute approximate surface area is 141 Å². The number of aliphatic carboxylic acids is 1. The van der Waals surface area contributed by atoms with Crippen molar-refractivity contribution in [3.63, 3.8) is 0 Å². The number of hydrogen-bond donors (Lipinski definition) is 1. The molecule has 1 amide bonds. The number of carbonyl (C=O) groups is 2. The summed E-state index contributed by atoms with van der Waals surface area (Å²) in [5.74, 6) is -1.72. The van der Waals surface area contributed by atoms with Crippen molar-refractivity contribution in [3.8, 4) is 0 Å². The molecular weight excluding hydrogens is 306 g/mol. The van der Waals surface area contributed by atoms with E-state index in [9.17, 15) is 9.59 Å². The van der Waals surface area contributed by atoms with Crippen LogP contribution in [0, 0.1) is 19.8 Å². The number of aryl methyl sites for hydroxylation is 1. The highest BCUT2D eigenvalue weighted by molar-refractivity contribution is 5.96. The number of nitrogens with zero attached hydrogens (tertiary/aromatic N) is 3. The molecule has 0 bridgehead atoms. The van der Waals surface area contributed by atoms with Gasteiger partial charge in [0.2, 0.25) is 0 Å². The second-order valence-electron chi connectivity index (χ2n) is 6.11. The maximum atomic E-state index is 12.7. The van der Waals surface area contributed by atoms with Crippen molar-refractivity contribution in [1.82, 2.24) is 14.7 Å². The molecule has 6 heteroatoms. The molecule has 1 aromatic carbocycles. The Morgan fingerprint density at radius 2 is 1.88 bits per heavy atom. The average Bonchev–Trinajstić information content (AvgIpc) is 2.81. The molecule has 1 N–H and O–H groups in total. The van der Waals surface area contributed by atoms with E-state index in [2.05, 4.69) is 5.10 Å². The monoisotopic (exact) mass is 329 g/mol. The normalized spacial score (nSPS) is 12.0. The Bertz CT molecular complexity index is 737. The van der Waals surface area contributed by atoms with E-state index in [0.29, 0.717) is 17.8 Å². The predicted molar refractivity (Wildman–Crippen MR) is 91.0 cm³/mol. The van der Waals surface area contributed by atoms with E-state index in [-0.39, 0.29) is 12.5 Å². The van der Waals surface area contributed by atoms with Crippen LogP contribution in [0.3, 0.4) is 0 Å². The number of benzene rings is 1. The first-order valence-electron chi connectivity index (χ1n) is 7.87. The van der Waals surface area contributed by atoms with Gasteiger partial charge in [0.1, 0.15) is 0 Å². The summed E-state index contributed by atoms with van der Waals surface area (Å²) in [5.41, 5.74) is 3.10. The van der Waals surface area contributed by atoms with Crippen molar-refractivity contribution in [2.45, 2.75) is 27.3 Å². The van der Waals surface area contributed by atoms with Gasteiger partial charge in [0.15, 0.2) is 0 Å². The van der Waals surface area contributed by atoms with Gasteiger partial charge in [-0.2, -0.15) is 5.10 Å². The predicted octanol–water partition coefficient (Wildman–Crippen LogP) is 2.34. The fraction of sp³-hybridized carbons (Fsp3) is 0.389. The minimum atomic E-state index is -0.914. The fourth-order valence-corrected chi connectivity index (χ4v) is 2.68. The molecule has 128 valence electrons. The lowest BCUT2D eigenvalue weighted by Crippen LogP contribution is -2.34. The van der Waals surface area contributed by atoms with Crippen LogP contribution in [-0.4, -0.2) is 45.3 Å². The summed E-state index contributed by atoms with van der Waals surface area (Å²) < 4.78 is 1.81. The number of amides is 1. The highest BCUT2D eigenvalue weighted by atomic mass is 16.4. The van der Waals surface area contributed by atoms with E-state index in [1.54, 1.807) is 20.9 Å². The van der Waals surface area contributed by atoms with Crippen molar-refractivity contribution < 1.29 is 14.7 Å². The SMILES string of the molecule is Cc1nn(Cc2ccccc2)c(C)c1C(=O)N(C)CC(C)C(=O)O. The lowest BCUT2D eigenvalue weighted by Gasteiger charge is -2.19. The largest absolute Gasteiger partial charge is 0.481 e. The summed E-state index contributed by atoms with van der Waals surface area (Å²) >= 11 is 0. The number of carboxylic acid groups (broad SMARTS) is 1. The minimum absolute atomic E-state index is 0.164. The number of hydrogen-bond acceptors (Lipinski definition) is 3. The summed E-state index contributed by atoms with van der Waals surface area (Å²) in [4.78, 5) is 25.1. The van der Waals surface area contributed by atoms with Crippen LogP contribution in [0.2, 0.25) is 0 Å². The highest BCUT2D eigenvalue weighted by Gasteiger charge is 2.24. The van der Waals surface area contributed by atoms with E-state index in [0.717, 1.165) is 11.3 Å². The third kappa shape index (κ3) is 3.82. The molecule has 0 saturated heterocycles.